The molecule has 0 fully saturated rings. The molecule has 0 radical (unpaired) electrons. The molecular formula is C16H23NO3. The summed E-state index contributed by atoms with van der Waals surface area (Å²) >= 11 is 0. The number of amides is 1. The highest BCUT2D eigenvalue weighted by Gasteiger charge is 2.25. The number of rotatable bonds is 8. The lowest BCUT2D eigenvalue weighted by atomic mass is 9.87. The molecule has 0 aliphatic heterocycles. The fourth-order valence-electron chi connectivity index (χ4n) is 2.24. The molecule has 0 saturated heterocycles. The fourth-order valence-corrected chi connectivity index (χ4v) is 2.24. The van der Waals surface area contributed by atoms with Crippen LogP contribution in [0.25, 0.3) is 0 Å². The van der Waals surface area contributed by atoms with E-state index in [1.54, 1.807) is 0 Å². The predicted octanol–water partition coefficient (Wildman–Crippen LogP) is 3.54. The molecule has 1 amide bonds. The summed E-state index contributed by atoms with van der Waals surface area (Å²) in [5.41, 5.74) is 0.741. The molecule has 1 rings (SSSR count). The Bertz CT molecular complexity index is 431. The fraction of sp³-hybridized carbons (Fsp3) is 0.500. The van der Waals surface area contributed by atoms with E-state index < -0.39 is 11.9 Å². The molecule has 0 spiro atoms. The number of carbonyl (C=O) groups is 2. The lowest BCUT2D eigenvalue weighted by Crippen LogP contribution is -2.26. The van der Waals surface area contributed by atoms with E-state index >= 15 is 0 Å². The van der Waals surface area contributed by atoms with E-state index in [1.165, 1.54) is 0 Å². The van der Waals surface area contributed by atoms with Crippen molar-refractivity contribution in [1.82, 2.24) is 0 Å². The number of carboxylic acids is 1. The maximum Gasteiger partial charge on any atom is 0.306 e. The summed E-state index contributed by atoms with van der Waals surface area (Å²) in [6, 6.07) is 9.20. The van der Waals surface area contributed by atoms with Crippen LogP contribution in [-0.2, 0) is 9.59 Å². The standard InChI is InChI=1S/C16H23NO3/c1-3-4-10-14(16(19)20)12(2)11-15(18)17-13-8-6-5-7-9-13/h5-9,12,14H,3-4,10-11H2,1-2H3,(H,17,18)(H,19,20)/t12-,14-/m1/s1. The predicted molar refractivity (Wildman–Crippen MR) is 79.5 cm³/mol. The summed E-state index contributed by atoms with van der Waals surface area (Å²) in [7, 11) is 0. The lowest BCUT2D eigenvalue weighted by Gasteiger charge is -2.19. The van der Waals surface area contributed by atoms with Gasteiger partial charge in [-0.3, -0.25) is 9.59 Å². The van der Waals surface area contributed by atoms with Gasteiger partial charge in [0.2, 0.25) is 5.91 Å². The summed E-state index contributed by atoms with van der Waals surface area (Å²) < 4.78 is 0. The third-order valence-corrected chi connectivity index (χ3v) is 3.44. The van der Waals surface area contributed by atoms with Crippen LogP contribution in [0, 0.1) is 11.8 Å². The van der Waals surface area contributed by atoms with Crippen molar-refractivity contribution in [2.24, 2.45) is 11.8 Å². The van der Waals surface area contributed by atoms with Crippen LogP contribution < -0.4 is 5.32 Å². The molecule has 2 atom stereocenters. The first-order valence-electron chi connectivity index (χ1n) is 7.12. The molecule has 1 aromatic carbocycles. The number of aliphatic carboxylic acids is 1. The highest BCUT2D eigenvalue weighted by atomic mass is 16.4. The van der Waals surface area contributed by atoms with E-state index in [0.29, 0.717) is 6.42 Å². The molecular weight excluding hydrogens is 254 g/mol. The highest BCUT2D eigenvalue weighted by Crippen LogP contribution is 2.22. The molecule has 0 aliphatic rings. The Labute approximate surface area is 120 Å². The third kappa shape index (κ3) is 5.43. The van der Waals surface area contributed by atoms with E-state index in [2.05, 4.69) is 5.32 Å². The van der Waals surface area contributed by atoms with E-state index in [4.69, 9.17) is 0 Å². The maximum absolute atomic E-state index is 11.9. The number of nitrogens with one attached hydrogen (secondary N) is 1. The summed E-state index contributed by atoms with van der Waals surface area (Å²) in [4.78, 5) is 23.2. The van der Waals surface area contributed by atoms with E-state index in [0.717, 1.165) is 18.5 Å². The van der Waals surface area contributed by atoms with Crippen molar-refractivity contribution in [3.05, 3.63) is 30.3 Å². The monoisotopic (exact) mass is 277 g/mol. The van der Waals surface area contributed by atoms with Crippen molar-refractivity contribution < 1.29 is 14.7 Å². The quantitative estimate of drug-likeness (QED) is 0.763. The minimum absolute atomic E-state index is 0.133. The first-order valence-corrected chi connectivity index (χ1v) is 7.12. The Morgan fingerprint density at radius 3 is 2.45 bits per heavy atom. The van der Waals surface area contributed by atoms with Gasteiger partial charge in [0.15, 0.2) is 0 Å². The van der Waals surface area contributed by atoms with Crippen molar-refractivity contribution in [2.45, 2.75) is 39.5 Å². The van der Waals surface area contributed by atoms with Gasteiger partial charge in [0.05, 0.1) is 5.92 Å². The van der Waals surface area contributed by atoms with Crippen LogP contribution >= 0.6 is 0 Å². The van der Waals surface area contributed by atoms with Crippen LogP contribution in [0.5, 0.6) is 0 Å². The minimum Gasteiger partial charge on any atom is -0.481 e. The molecule has 0 unspecified atom stereocenters. The Morgan fingerprint density at radius 2 is 1.90 bits per heavy atom. The molecule has 4 nitrogen and oxygen atoms in total. The molecule has 20 heavy (non-hydrogen) atoms. The van der Waals surface area contributed by atoms with Crippen molar-refractivity contribution in [1.29, 1.82) is 0 Å². The van der Waals surface area contributed by atoms with Gasteiger partial charge in [-0.15, -0.1) is 0 Å². The molecule has 2 N–H and O–H groups in total. The van der Waals surface area contributed by atoms with Crippen LogP contribution in [0.2, 0.25) is 0 Å². The molecule has 0 heterocycles. The van der Waals surface area contributed by atoms with Crippen molar-refractivity contribution >= 4 is 17.6 Å². The normalized spacial score (nSPS) is 13.5. The zero-order valence-electron chi connectivity index (χ0n) is 12.1. The van der Waals surface area contributed by atoms with Gasteiger partial charge in [-0.2, -0.15) is 0 Å². The number of anilines is 1. The SMILES string of the molecule is CCCC[C@@H](C(=O)O)[C@H](C)CC(=O)Nc1ccccc1. The largest absolute Gasteiger partial charge is 0.481 e. The Kier molecular flexibility index (Phi) is 6.77. The van der Waals surface area contributed by atoms with Crippen LogP contribution in [0.1, 0.15) is 39.5 Å². The number of benzene rings is 1. The number of hydrogen-bond donors (Lipinski definition) is 2. The smallest absolute Gasteiger partial charge is 0.306 e. The van der Waals surface area contributed by atoms with Gasteiger partial charge in [0.25, 0.3) is 0 Å². The van der Waals surface area contributed by atoms with Gasteiger partial charge in [-0.1, -0.05) is 44.9 Å². The Balaban J connectivity index is 2.52. The summed E-state index contributed by atoms with van der Waals surface area (Å²) in [5.74, 6) is -1.55. The molecule has 0 bridgehead atoms. The lowest BCUT2D eigenvalue weighted by molar-refractivity contribution is -0.144. The van der Waals surface area contributed by atoms with Crippen molar-refractivity contribution in [3.63, 3.8) is 0 Å². The molecule has 0 aromatic heterocycles. The summed E-state index contributed by atoms with van der Waals surface area (Å²) in [5, 5.41) is 12.0. The molecule has 4 heteroatoms. The highest BCUT2D eigenvalue weighted by molar-refractivity contribution is 5.91. The summed E-state index contributed by atoms with van der Waals surface area (Å²) in [6.45, 7) is 3.87. The Morgan fingerprint density at radius 1 is 1.25 bits per heavy atom. The Hall–Kier alpha value is -1.84. The number of hydrogen-bond acceptors (Lipinski definition) is 2. The third-order valence-electron chi connectivity index (χ3n) is 3.44. The van der Waals surface area contributed by atoms with Gasteiger partial charge in [0, 0.05) is 12.1 Å². The average molecular weight is 277 g/mol. The van der Waals surface area contributed by atoms with Crippen LogP contribution in [0.3, 0.4) is 0 Å². The van der Waals surface area contributed by atoms with Crippen molar-refractivity contribution in [2.75, 3.05) is 5.32 Å². The second-order valence-corrected chi connectivity index (χ2v) is 5.18. The van der Waals surface area contributed by atoms with Gasteiger partial charge in [-0.05, 0) is 24.5 Å². The topological polar surface area (TPSA) is 66.4 Å². The van der Waals surface area contributed by atoms with Gasteiger partial charge in [-0.25, -0.2) is 0 Å². The number of unbranched alkanes of at least 4 members (excludes halogenated alkanes) is 1. The average Bonchev–Trinajstić information content (AvgIpc) is 2.39. The zero-order chi connectivity index (χ0) is 15.0. The second-order valence-electron chi connectivity index (χ2n) is 5.18. The van der Waals surface area contributed by atoms with Gasteiger partial charge >= 0.3 is 5.97 Å². The summed E-state index contributed by atoms with van der Waals surface area (Å²) in [6.07, 6.45) is 2.70. The van der Waals surface area contributed by atoms with Crippen LogP contribution in [0.15, 0.2) is 30.3 Å². The second kappa shape index (κ2) is 8.35. The maximum atomic E-state index is 11.9. The molecule has 0 saturated carbocycles. The van der Waals surface area contributed by atoms with Crippen molar-refractivity contribution in [3.8, 4) is 0 Å². The van der Waals surface area contributed by atoms with Crippen LogP contribution in [0.4, 0.5) is 5.69 Å². The van der Waals surface area contributed by atoms with E-state index in [-0.39, 0.29) is 18.2 Å². The molecule has 1 aromatic rings. The van der Waals surface area contributed by atoms with Crippen LogP contribution in [-0.4, -0.2) is 17.0 Å². The first kappa shape index (κ1) is 16.2. The number of carboxylic acid groups (broad SMARTS) is 1. The van der Waals surface area contributed by atoms with Gasteiger partial charge < -0.3 is 10.4 Å². The number of para-hydroxylation sites is 1. The van der Waals surface area contributed by atoms with E-state index in [1.807, 2.05) is 44.2 Å². The number of carbonyl (C=O) groups excluding carboxylic acids is 1. The molecule has 110 valence electrons. The van der Waals surface area contributed by atoms with Gasteiger partial charge in [0.1, 0.15) is 0 Å². The zero-order valence-corrected chi connectivity index (χ0v) is 12.1. The van der Waals surface area contributed by atoms with E-state index in [9.17, 15) is 14.7 Å². The first-order chi connectivity index (χ1) is 9.54. The minimum atomic E-state index is -0.807. The molecule has 0 aliphatic carbocycles.